The van der Waals surface area contributed by atoms with Crippen molar-refractivity contribution in [2.24, 2.45) is 0 Å². The van der Waals surface area contributed by atoms with Gasteiger partial charge in [-0.3, -0.25) is 9.48 Å². The van der Waals surface area contributed by atoms with Gasteiger partial charge >= 0.3 is 0 Å². The zero-order chi connectivity index (χ0) is 22.8. The summed E-state index contributed by atoms with van der Waals surface area (Å²) in [5, 5.41) is 7.99. The average Bonchev–Trinajstić information content (AvgIpc) is 3.44. The Bertz CT molecular complexity index is 1150. The first-order valence-corrected chi connectivity index (χ1v) is 11.8. The van der Waals surface area contributed by atoms with Gasteiger partial charge < -0.3 is 14.8 Å². The molecule has 0 saturated heterocycles. The van der Waals surface area contributed by atoms with Gasteiger partial charge in [0.2, 0.25) is 5.91 Å². The van der Waals surface area contributed by atoms with E-state index in [4.69, 9.17) is 14.6 Å². The first-order chi connectivity index (χ1) is 16.1. The van der Waals surface area contributed by atoms with Gasteiger partial charge in [0.15, 0.2) is 11.5 Å². The molecule has 172 valence electrons. The molecule has 1 saturated carbocycles. The van der Waals surface area contributed by atoms with Gasteiger partial charge in [-0.2, -0.15) is 5.10 Å². The first kappa shape index (κ1) is 21.6. The normalized spacial score (nSPS) is 16.5. The lowest BCUT2D eigenvalue weighted by atomic mass is 9.77. The second-order valence-corrected chi connectivity index (χ2v) is 9.12. The number of hydrogen-bond donors (Lipinski definition) is 1. The molecule has 3 aromatic rings. The number of carbonyl (C=O) groups is 1. The smallest absolute Gasteiger partial charge is 0.230 e. The number of ether oxygens (including phenoxy) is 2. The maximum Gasteiger partial charge on any atom is 0.230 e. The van der Waals surface area contributed by atoms with E-state index in [1.54, 1.807) is 0 Å². The molecule has 1 aromatic heterocycles. The quantitative estimate of drug-likeness (QED) is 0.609. The van der Waals surface area contributed by atoms with Crippen LogP contribution in [0.25, 0.3) is 0 Å². The number of nitrogens with zero attached hydrogens (tertiary/aromatic N) is 2. The summed E-state index contributed by atoms with van der Waals surface area (Å²) in [6.07, 6.45) is 3.80. The molecule has 1 aliphatic heterocycles. The number of rotatable bonds is 6. The van der Waals surface area contributed by atoms with E-state index in [2.05, 4.69) is 24.4 Å². The van der Waals surface area contributed by atoms with E-state index in [0.717, 1.165) is 66.2 Å². The molecule has 1 aliphatic carbocycles. The van der Waals surface area contributed by atoms with E-state index in [1.807, 2.05) is 48.0 Å². The molecule has 5 rings (SSSR count). The number of fused-ring (bicyclic) bond motifs is 1. The van der Waals surface area contributed by atoms with Crippen LogP contribution in [0.5, 0.6) is 11.5 Å². The molecule has 0 radical (unpaired) electrons. The van der Waals surface area contributed by atoms with E-state index in [0.29, 0.717) is 19.8 Å². The van der Waals surface area contributed by atoms with Gasteiger partial charge in [-0.15, -0.1) is 0 Å². The monoisotopic (exact) mass is 445 g/mol. The maximum atomic E-state index is 13.6. The highest BCUT2D eigenvalue weighted by molar-refractivity contribution is 5.88. The number of hydrogen-bond acceptors (Lipinski definition) is 4. The van der Waals surface area contributed by atoms with Crippen LogP contribution in [0.15, 0.2) is 48.5 Å². The Balaban J connectivity index is 1.34. The van der Waals surface area contributed by atoms with E-state index >= 15 is 0 Å². The fourth-order valence-electron chi connectivity index (χ4n) is 5.20. The van der Waals surface area contributed by atoms with Gasteiger partial charge in [-0.1, -0.05) is 49.2 Å². The highest BCUT2D eigenvalue weighted by Gasteiger charge is 2.43. The van der Waals surface area contributed by atoms with Crippen molar-refractivity contribution in [1.82, 2.24) is 15.1 Å². The standard InChI is InChI=1S/C27H31N3O3/c1-19-23(20(2)30(29-19)18-21-8-4-3-5-9-21)17-28-26(31)27(12-6-7-13-27)22-10-11-24-25(16-22)33-15-14-32-24/h3-5,8-11,16H,6-7,12-15,17-18H2,1-2H3,(H,28,31). The van der Waals surface area contributed by atoms with Crippen LogP contribution in [0.4, 0.5) is 0 Å². The Morgan fingerprint density at radius 2 is 1.76 bits per heavy atom. The summed E-state index contributed by atoms with van der Waals surface area (Å²) in [6.45, 7) is 6.41. The first-order valence-electron chi connectivity index (χ1n) is 11.8. The maximum absolute atomic E-state index is 13.6. The third kappa shape index (κ3) is 4.10. The molecule has 1 amide bonds. The molecule has 33 heavy (non-hydrogen) atoms. The van der Waals surface area contributed by atoms with Crippen molar-refractivity contribution in [3.63, 3.8) is 0 Å². The zero-order valence-corrected chi connectivity index (χ0v) is 19.4. The minimum absolute atomic E-state index is 0.0892. The van der Waals surface area contributed by atoms with Gasteiger partial charge in [-0.05, 0) is 49.9 Å². The Labute approximate surface area is 194 Å². The highest BCUT2D eigenvalue weighted by Crippen LogP contribution is 2.44. The van der Waals surface area contributed by atoms with E-state index < -0.39 is 5.41 Å². The van der Waals surface area contributed by atoms with Crippen molar-refractivity contribution < 1.29 is 14.3 Å². The number of carbonyl (C=O) groups excluding carboxylic acids is 1. The molecule has 0 unspecified atom stereocenters. The Kier molecular flexibility index (Phi) is 5.83. The van der Waals surface area contributed by atoms with Gasteiger partial charge in [0.05, 0.1) is 17.7 Å². The largest absolute Gasteiger partial charge is 0.486 e. The number of aryl methyl sites for hydroxylation is 1. The summed E-state index contributed by atoms with van der Waals surface area (Å²) in [6, 6.07) is 16.3. The lowest BCUT2D eigenvalue weighted by Crippen LogP contribution is -2.42. The Morgan fingerprint density at radius 1 is 1.03 bits per heavy atom. The summed E-state index contributed by atoms with van der Waals surface area (Å²) in [7, 11) is 0. The van der Waals surface area contributed by atoms with E-state index in [1.165, 1.54) is 5.56 Å². The summed E-state index contributed by atoms with van der Waals surface area (Å²) < 4.78 is 13.5. The summed E-state index contributed by atoms with van der Waals surface area (Å²) in [5.74, 6) is 1.59. The van der Waals surface area contributed by atoms with Crippen molar-refractivity contribution >= 4 is 5.91 Å². The van der Waals surface area contributed by atoms with Crippen LogP contribution in [0.3, 0.4) is 0 Å². The molecule has 0 bridgehead atoms. The minimum Gasteiger partial charge on any atom is -0.486 e. The second-order valence-electron chi connectivity index (χ2n) is 9.12. The van der Waals surface area contributed by atoms with Crippen LogP contribution in [0.2, 0.25) is 0 Å². The molecule has 2 aromatic carbocycles. The molecule has 0 spiro atoms. The molecule has 6 heteroatoms. The molecule has 2 aliphatic rings. The number of benzene rings is 2. The van der Waals surface area contributed by atoms with E-state index in [9.17, 15) is 4.79 Å². The van der Waals surface area contributed by atoms with Crippen LogP contribution >= 0.6 is 0 Å². The summed E-state index contributed by atoms with van der Waals surface area (Å²) >= 11 is 0. The Morgan fingerprint density at radius 3 is 2.52 bits per heavy atom. The van der Waals surface area contributed by atoms with Crippen LogP contribution in [0.1, 0.15) is 53.8 Å². The topological polar surface area (TPSA) is 65.4 Å². The third-order valence-electron chi connectivity index (χ3n) is 7.12. The number of aromatic nitrogens is 2. The predicted molar refractivity (Wildman–Crippen MR) is 127 cm³/mol. The van der Waals surface area contributed by atoms with Gasteiger partial charge in [-0.25, -0.2) is 0 Å². The molecule has 6 nitrogen and oxygen atoms in total. The van der Waals surface area contributed by atoms with Gasteiger partial charge in [0.25, 0.3) is 0 Å². The van der Waals surface area contributed by atoms with Crippen molar-refractivity contribution in [2.75, 3.05) is 13.2 Å². The molecule has 1 N–H and O–H groups in total. The lowest BCUT2D eigenvalue weighted by molar-refractivity contribution is -0.126. The zero-order valence-electron chi connectivity index (χ0n) is 19.4. The molecular weight excluding hydrogens is 414 g/mol. The van der Waals surface area contributed by atoms with Gasteiger partial charge in [0.1, 0.15) is 13.2 Å². The van der Waals surface area contributed by atoms with Crippen molar-refractivity contribution in [3.8, 4) is 11.5 Å². The second kappa shape index (κ2) is 8.93. The fraction of sp³-hybridized carbons (Fsp3) is 0.407. The fourth-order valence-corrected chi connectivity index (χ4v) is 5.20. The molecule has 0 atom stereocenters. The average molecular weight is 446 g/mol. The summed E-state index contributed by atoms with van der Waals surface area (Å²) in [5.41, 5.74) is 4.87. The SMILES string of the molecule is Cc1nn(Cc2ccccc2)c(C)c1CNC(=O)C1(c2ccc3c(c2)OCCO3)CCCC1. The predicted octanol–water partition coefficient (Wildman–Crippen LogP) is 4.45. The van der Waals surface area contributed by atoms with Crippen molar-refractivity contribution in [2.45, 2.75) is 58.0 Å². The molecule has 2 heterocycles. The van der Waals surface area contributed by atoms with Crippen LogP contribution in [-0.4, -0.2) is 28.9 Å². The molecular formula is C27H31N3O3. The van der Waals surface area contributed by atoms with E-state index in [-0.39, 0.29) is 5.91 Å². The van der Waals surface area contributed by atoms with Crippen molar-refractivity contribution in [3.05, 3.63) is 76.6 Å². The van der Waals surface area contributed by atoms with Crippen LogP contribution in [-0.2, 0) is 23.3 Å². The molecule has 1 fully saturated rings. The van der Waals surface area contributed by atoms with Crippen LogP contribution in [0, 0.1) is 13.8 Å². The lowest BCUT2D eigenvalue weighted by Gasteiger charge is -2.30. The van der Waals surface area contributed by atoms with Crippen molar-refractivity contribution in [1.29, 1.82) is 0 Å². The minimum atomic E-state index is -0.516. The third-order valence-corrected chi connectivity index (χ3v) is 7.12. The highest BCUT2D eigenvalue weighted by atomic mass is 16.6. The number of nitrogens with one attached hydrogen (secondary N) is 1. The van der Waals surface area contributed by atoms with Gasteiger partial charge in [0, 0.05) is 17.8 Å². The Hall–Kier alpha value is -3.28. The summed E-state index contributed by atoms with van der Waals surface area (Å²) in [4.78, 5) is 13.6. The van der Waals surface area contributed by atoms with Crippen LogP contribution < -0.4 is 14.8 Å². The number of amides is 1.